The predicted octanol–water partition coefficient (Wildman–Crippen LogP) is 1.81. The maximum absolute atomic E-state index is 12.4. The van der Waals surface area contributed by atoms with Gasteiger partial charge in [0.1, 0.15) is 0 Å². The number of carbonyl (C=O) groups is 1. The zero-order valence-corrected chi connectivity index (χ0v) is 12.9. The smallest absolute Gasteiger partial charge is 0.240 e. The highest BCUT2D eigenvalue weighted by molar-refractivity contribution is 5.84. The predicted molar refractivity (Wildman–Crippen MR) is 77.9 cm³/mol. The highest BCUT2D eigenvalue weighted by Crippen LogP contribution is 2.35. The normalized spacial score (nSPS) is 30.6. The van der Waals surface area contributed by atoms with Crippen LogP contribution < -0.4 is 5.32 Å². The molecule has 0 aromatic heterocycles. The topological polar surface area (TPSA) is 35.6 Å². The van der Waals surface area contributed by atoms with E-state index in [0.717, 1.165) is 19.4 Å². The van der Waals surface area contributed by atoms with Crippen LogP contribution in [-0.4, -0.2) is 54.1 Å². The lowest BCUT2D eigenvalue weighted by molar-refractivity contribution is -0.131. The van der Waals surface area contributed by atoms with Crippen molar-refractivity contribution in [2.24, 2.45) is 0 Å². The van der Waals surface area contributed by atoms with Crippen molar-refractivity contribution in [3.63, 3.8) is 0 Å². The number of rotatable bonds is 5. The molecule has 1 saturated heterocycles. The SMILES string of the molecule is CCCC1NC(C)C(=O)N1CC1(N(C)C)CCCC1. The van der Waals surface area contributed by atoms with E-state index >= 15 is 0 Å². The fraction of sp³-hybridized carbons (Fsp3) is 0.933. The van der Waals surface area contributed by atoms with Crippen LogP contribution in [0.5, 0.6) is 0 Å². The molecule has 1 amide bonds. The molecule has 1 aliphatic carbocycles. The van der Waals surface area contributed by atoms with Crippen LogP contribution >= 0.6 is 0 Å². The van der Waals surface area contributed by atoms with Gasteiger partial charge in [-0.15, -0.1) is 0 Å². The summed E-state index contributed by atoms with van der Waals surface area (Å²) >= 11 is 0. The number of carbonyl (C=O) groups excluding carboxylic acids is 1. The largest absolute Gasteiger partial charge is 0.324 e. The maximum atomic E-state index is 12.4. The second-order valence-corrected chi connectivity index (χ2v) is 6.48. The molecule has 4 heteroatoms. The molecule has 110 valence electrons. The van der Waals surface area contributed by atoms with Crippen LogP contribution in [0.2, 0.25) is 0 Å². The Hall–Kier alpha value is -0.610. The first-order valence-corrected chi connectivity index (χ1v) is 7.74. The van der Waals surface area contributed by atoms with E-state index in [4.69, 9.17) is 0 Å². The molecule has 2 aliphatic rings. The second kappa shape index (κ2) is 5.80. The van der Waals surface area contributed by atoms with Crippen LogP contribution in [0.25, 0.3) is 0 Å². The minimum absolute atomic E-state index is 0.0165. The molecule has 1 aliphatic heterocycles. The Morgan fingerprint density at radius 3 is 2.53 bits per heavy atom. The van der Waals surface area contributed by atoms with Crippen molar-refractivity contribution in [2.75, 3.05) is 20.6 Å². The molecule has 4 nitrogen and oxygen atoms in total. The Labute approximate surface area is 117 Å². The van der Waals surface area contributed by atoms with Crippen molar-refractivity contribution in [3.8, 4) is 0 Å². The first-order chi connectivity index (χ1) is 9.00. The van der Waals surface area contributed by atoms with Gasteiger partial charge in [0, 0.05) is 12.1 Å². The van der Waals surface area contributed by atoms with Crippen molar-refractivity contribution < 1.29 is 4.79 Å². The van der Waals surface area contributed by atoms with Gasteiger partial charge in [0.15, 0.2) is 0 Å². The molecule has 2 atom stereocenters. The summed E-state index contributed by atoms with van der Waals surface area (Å²) in [5, 5.41) is 3.44. The molecule has 19 heavy (non-hydrogen) atoms. The Morgan fingerprint density at radius 2 is 2.00 bits per heavy atom. The van der Waals surface area contributed by atoms with E-state index in [1.807, 2.05) is 6.92 Å². The second-order valence-electron chi connectivity index (χ2n) is 6.48. The van der Waals surface area contributed by atoms with Gasteiger partial charge in [-0.1, -0.05) is 26.2 Å². The zero-order valence-electron chi connectivity index (χ0n) is 12.9. The lowest BCUT2D eigenvalue weighted by atomic mass is 9.94. The summed E-state index contributed by atoms with van der Waals surface area (Å²) in [6, 6.07) is -0.0165. The zero-order chi connectivity index (χ0) is 14.0. The number of hydrogen-bond donors (Lipinski definition) is 1. The van der Waals surface area contributed by atoms with Crippen molar-refractivity contribution >= 4 is 5.91 Å². The summed E-state index contributed by atoms with van der Waals surface area (Å²) < 4.78 is 0. The van der Waals surface area contributed by atoms with Gasteiger partial charge in [-0.2, -0.15) is 0 Å². The minimum Gasteiger partial charge on any atom is -0.324 e. The summed E-state index contributed by atoms with van der Waals surface area (Å²) in [4.78, 5) is 16.8. The Bertz CT molecular complexity index is 323. The molecule has 2 rings (SSSR count). The van der Waals surface area contributed by atoms with Crippen LogP contribution in [-0.2, 0) is 4.79 Å². The van der Waals surface area contributed by atoms with Crippen molar-refractivity contribution in [3.05, 3.63) is 0 Å². The number of hydrogen-bond acceptors (Lipinski definition) is 3. The third-order valence-electron chi connectivity index (χ3n) is 4.98. The number of nitrogens with zero attached hydrogens (tertiary/aromatic N) is 2. The van der Waals surface area contributed by atoms with Gasteiger partial charge in [-0.3, -0.25) is 10.1 Å². The molecular formula is C15H29N3O. The molecule has 0 radical (unpaired) electrons. The molecular weight excluding hydrogens is 238 g/mol. The summed E-state index contributed by atoms with van der Waals surface area (Å²) in [7, 11) is 4.33. The number of amides is 1. The lowest BCUT2D eigenvalue weighted by Crippen LogP contribution is -2.54. The summed E-state index contributed by atoms with van der Waals surface area (Å²) in [5.41, 5.74) is 0.202. The first-order valence-electron chi connectivity index (χ1n) is 7.74. The first kappa shape index (κ1) is 14.8. The highest BCUT2D eigenvalue weighted by atomic mass is 16.2. The molecule has 1 N–H and O–H groups in total. The van der Waals surface area contributed by atoms with Crippen LogP contribution in [0, 0.1) is 0 Å². The van der Waals surface area contributed by atoms with E-state index in [1.165, 1.54) is 25.7 Å². The van der Waals surface area contributed by atoms with Gasteiger partial charge in [0.2, 0.25) is 5.91 Å². The number of nitrogens with one attached hydrogen (secondary N) is 1. The van der Waals surface area contributed by atoms with Gasteiger partial charge in [0.25, 0.3) is 0 Å². The van der Waals surface area contributed by atoms with Crippen molar-refractivity contribution in [1.82, 2.24) is 15.1 Å². The van der Waals surface area contributed by atoms with E-state index < -0.39 is 0 Å². The van der Waals surface area contributed by atoms with E-state index in [9.17, 15) is 4.79 Å². The molecule has 1 heterocycles. The number of likely N-dealkylation sites (N-methyl/N-ethyl adjacent to an activating group) is 1. The highest BCUT2D eigenvalue weighted by Gasteiger charge is 2.43. The fourth-order valence-corrected chi connectivity index (χ4v) is 3.65. The third-order valence-corrected chi connectivity index (χ3v) is 4.98. The van der Waals surface area contributed by atoms with E-state index in [0.29, 0.717) is 0 Å². The third kappa shape index (κ3) is 2.79. The monoisotopic (exact) mass is 267 g/mol. The average Bonchev–Trinajstić information content (AvgIpc) is 2.92. The van der Waals surface area contributed by atoms with Crippen LogP contribution in [0.4, 0.5) is 0 Å². The standard InChI is InChI=1S/C15H29N3O/c1-5-8-13-16-12(2)14(19)18(13)11-15(17(3)4)9-6-7-10-15/h12-13,16H,5-11H2,1-4H3. The van der Waals surface area contributed by atoms with Crippen LogP contribution in [0.15, 0.2) is 0 Å². The van der Waals surface area contributed by atoms with Crippen LogP contribution in [0.3, 0.4) is 0 Å². The summed E-state index contributed by atoms with van der Waals surface area (Å²) in [6.45, 7) is 5.06. The quantitative estimate of drug-likeness (QED) is 0.825. The Balaban J connectivity index is 2.12. The van der Waals surface area contributed by atoms with Crippen LogP contribution in [0.1, 0.15) is 52.4 Å². The van der Waals surface area contributed by atoms with Gasteiger partial charge in [-0.25, -0.2) is 0 Å². The van der Waals surface area contributed by atoms with Gasteiger partial charge in [-0.05, 0) is 40.3 Å². The molecule has 1 saturated carbocycles. The van der Waals surface area contributed by atoms with Crippen molar-refractivity contribution in [2.45, 2.75) is 70.1 Å². The van der Waals surface area contributed by atoms with Crippen molar-refractivity contribution in [1.29, 1.82) is 0 Å². The van der Waals surface area contributed by atoms with E-state index in [1.54, 1.807) is 0 Å². The van der Waals surface area contributed by atoms with Gasteiger partial charge in [0.05, 0.1) is 12.2 Å². The lowest BCUT2D eigenvalue weighted by Gasteiger charge is -2.41. The van der Waals surface area contributed by atoms with E-state index in [2.05, 4.69) is 36.1 Å². The summed E-state index contributed by atoms with van der Waals surface area (Å²) in [6.07, 6.45) is 7.44. The van der Waals surface area contributed by atoms with Gasteiger partial charge >= 0.3 is 0 Å². The average molecular weight is 267 g/mol. The molecule has 0 spiro atoms. The molecule has 2 unspecified atom stereocenters. The molecule has 0 bridgehead atoms. The van der Waals surface area contributed by atoms with E-state index in [-0.39, 0.29) is 23.7 Å². The van der Waals surface area contributed by atoms with Gasteiger partial charge < -0.3 is 9.80 Å². The molecule has 0 aromatic carbocycles. The summed E-state index contributed by atoms with van der Waals surface area (Å²) in [5.74, 6) is 0.284. The Morgan fingerprint density at radius 1 is 1.37 bits per heavy atom. The Kier molecular flexibility index (Phi) is 4.51. The minimum atomic E-state index is -0.0165. The molecule has 0 aromatic rings. The maximum Gasteiger partial charge on any atom is 0.240 e. The fourth-order valence-electron chi connectivity index (χ4n) is 3.65. The molecule has 2 fully saturated rings.